The minimum atomic E-state index is -0.424. The molecule has 0 saturated heterocycles. The van der Waals surface area contributed by atoms with Gasteiger partial charge in [-0.25, -0.2) is 0 Å². The molecule has 0 saturated carbocycles. The van der Waals surface area contributed by atoms with Crippen molar-refractivity contribution in [1.82, 2.24) is 14.6 Å². The molecule has 25 heavy (non-hydrogen) atoms. The lowest BCUT2D eigenvalue weighted by molar-refractivity contribution is 0.287. The van der Waals surface area contributed by atoms with Gasteiger partial charge in [0.15, 0.2) is 11.5 Å². The zero-order chi connectivity index (χ0) is 18.0. The number of hydrogen-bond donors (Lipinski definition) is 0. The molecule has 3 aromatic rings. The van der Waals surface area contributed by atoms with E-state index in [4.69, 9.17) is 9.47 Å². The molecule has 0 aliphatic heterocycles. The third-order valence-corrected chi connectivity index (χ3v) is 4.37. The highest BCUT2D eigenvalue weighted by Gasteiger charge is 2.09. The molecular formula is C17H17N3O4S. The largest absolute Gasteiger partial charge is 0.490 e. The summed E-state index contributed by atoms with van der Waals surface area (Å²) < 4.78 is 12.7. The molecule has 3 rings (SSSR count). The monoisotopic (exact) mass is 359 g/mol. The number of ether oxygens (including phenoxy) is 2. The number of aromatic nitrogens is 3. The number of benzene rings is 1. The molecule has 130 valence electrons. The van der Waals surface area contributed by atoms with Gasteiger partial charge < -0.3 is 9.47 Å². The molecule has 0 aliphatic carbocycles. The fourth-order valence-corrected chi connectivity index (χ4v) is 3.20. The van der Waals surface area contributed by atoms with Gasteiger partial charge in [0.25, 0.3) is 11.1 Å². The lowest BCUT2D eigenvalue weighted by Gasteiger charge is -2.11. The van der Waals surface area contributed by atoms with Crippen LogP contribution in [0.3, 0.4) is 0 Å². The summed E-state index contributed by atoms with van der Waals surface area (Å²) in [5.41, 5.74) is 0.254. The van der Waals surface area contributed by atoms with E-state index in [1.807, 2.05) is 32.0 Å². The Bertz CT molecular complexity index is 1090. The Morgan fingerprint density at radius 1 is 1.16 bits per heavy atom. The van der Waals surface area contributed by atoms with E-state index in [-0.39, 0.29) is 16.2 Å². The summed E-state index contributed by atoms with van der Waals surface area (Å²) >= 11 is 1.12. The molecule has 2 aromatic heterocycles. The summed E-state index contributed by atoms with van der Waals surface area (Å²) in [6.07, 6.45) is 1.72. The van der Waals surface area contributed by atoms with Crippen LogP contribution in [0.2, 0.25) is 0 Å². The van der Waals surface area contributed by atoms with Gasteiger partial charge in [-0.15, -0.1) is 0 Å². The topological polar surface area (TPSA) is 82.8 Å². The number of nitrogens with zero attached hydrogens (tertiary/aromatic N) is 3. The first-order valence-electron chi connectivity index (χ1n) is 7.85. The SMILES string of the molecule is CCOc1ccc(/C=c2\sc3nc(=O)c(C)nn3c2=O)cc1OCC. The van der Waals surface area contributed by atoms with Gasteiger partial charge in [-0.05, 0) is 44.5 Å². The van der Waals surface area contributed by atoms with E-state index in [0.717, 1.165) is 21.4 Å². The van der Waals surface area contributed by atoms with Crippen LogP contribution in [0.1, 0.15) is 25.1 Å². The maximum absolute atomic E-state index is 12.5. The van der Waals surface area contributed by atoms with Crippen molar-refractivity contribution in [3.8, 4) is 11.5 Å². The number of fused-ring (bicyclic) bond motifs is 1. The molecule has 0 unspecified atom stereocenters. The maximum atomic E-state index is 12.5. The molecule has 0 aliphatic rings. The van der Waals surface area contributed by atoms with E-state index in [0.29, 0.717) is 29.2 Å². The van der Waals surface area contributed by atoms with Gasteiger partial charge in [0.1, 0.15) is 5.69 Å². The van der Waals surface area contributed by atoms with Crippen molar-refractivity contribution < 1.29 is 9.47 Å². The van der Waals surface area contributed by atoms with E-state index in [1.165, 1.54) is 6.92 Å². The van der Waals surface area contributed by atoms with Crippen molar-refractivity contribution in [1.29, 1.82) is 0 Å². The summed E-state index contributed by atoms with van der Waals surface area (Å²) in [7, 11) is 0. The number of thiazole rings is 1. The lowest BCUT2D eigenvalue weighted by Crippen LogP contribution is -2.27. The van der Waals surface area contributed by atoms with Crippen molar-refractivity contribution in [2.75, 3.05) is 13.2 Å². The van der Waals surface area contributed by atoms with Gasteiger partial charge in [0.2, 0.25) is 4.96 Å². The Labute approximate surface area is 147 Å². The van der Waals surface area contributed by atoms with Gasteiger partial charge in [-0.3, -0.25) is 9.59 Å². The molecule has 0 N–H and O–H groups in total. The van der Waals surface area contributed by atoms with Crippen molar-refractivity contribution >= 4 is 22.4 Å². The van der Waals surface area contributed by atoms with Crippen molar-refractivity contribution in [3.05, 3.63) is 54.7 Å². The van der Waals surface area contributed by atoms with Gasteiger partial charge in [-0.1, -0.05) is 17.4 Å². The highest BCUT2D eigenvalue weighted by Crippen LogP contribution is 2.28. The van der Waals surface area contributed by atoms with Crippen molar-refractivity contribution in [3.63, 3.8) is 0 Å². The Kier molecular flexibility index (Phi) is 4.80. The van der Waals surface area contributed by atoms with Crippen LogP contribution in [-0.4, -0.2) is 27.8 Å². The molecule has 0 fully saturated rings. The molecule has 1 aromatic carbocycles. The standard InChI is InChI=1S/C17H17N3O4S/c1-4-23-12-7-6-11(8-13(12)24-5-2)9-14-16(22)20-17(25-14)18-15(21)10(3)19-20/h6-9H,4-5H2,1-3H3/b14-9-. The van der Waals surface area contributed by atoms with Crippen LogP contribution < -0.4 is 25.1 Å². The average molecular weight is 359 g/mol. The minimum absolute atomic E-state index is 0.193. The quantitative estimate of drug-likeness (QED) is 0.680. The van der Waals surface area contributed by atoms with Crippen LogP contribution in [0, 0.1) is 6.92 Å². The number of aryl methyl sites for hydroxylation is 1. The van der Waals surface area contributed by atoms with Gasteiger partial charge >= 0.3 is 0 Å². The highest BCUT2D eigenvalue weighted by atomic mass is 32.1. The highest BCUT2D eigenvalue weighted by molar-refractivity contribution is 7.15. The predicted octanol–water partition coefficient (Wildman–Crippen LogP) is 1.16. The smallest absolute Gasteiger partial charge is 0.295 e. The molecule has 0 radical (unpaired) electrons. The summed E-state index contributed by atoms with van der Waals surface area (Å²) in [6.45, 7) is 6.37. The Morgan fingerprint density at radius 2 is 1.88 bits per heavy atom. The van der Waals surface area contributed by atoms with E-state index in [9.17, 15) is 9.59 Å². The Morgan fingerprint density at radius 3 is 2.60 bits per heavy atom. The predicted molar refractivity (Wildman–Crippen MR) is 95.7 cm³/mol. The first kappa shape index (κ1) is 17.1. The zero-order valence-electron chi connectivity index (χ0n) is 14.1. The molecule has 0 bridgehead atoms. The fourth-order valence-electron chi connectivity index (χ4n) is 2.30. The van der Waals surface area contributed by atoms with Gasteiger partial charge in [0, 0.05) is 0 Å². The third-order valence-electron chi connectivity index (χ3n) is 3.41. The Balaban J connectivity index is 2.13. The minimum Gasteiger partial charge on any atom is -0.490 e. The van der Waals surface area contributed by atoms with Gasteiger partial charge in [-0.2, -0.15) is 14.6 Å². The van der Waals surface area contributed by atoms with Crippen LogP contribution in [-0.2, 0) is 0 Å². The molecule has 7 nitrogen and oxygen atoms in total. The molecular weight excluding hydrogens is 342 g/mol. The normalized spacial score (nSPS) is 11.9. The Hall–Kier alpha value is -2.74. The molecule has 0 spiro atoms. The van der Waals surface area contributed by atoms with E-state index in [2.05, 4.69) is 10.1 Å². The summed E-state index contributed by atoms with van der Waals surface area (Å²) in [5.74, 6) is 1.28. The number of rotatable bonds is 5. The first-order chi connectivity index (χ1) is 12.0. The molecule has 2 heterocycles. The second-order valence-corrected chi connectivity index (χ2v) is 6.19. The zero-order valence-corrected chi connectivity index (χ0v) is 14.9. The van der Waals surface area contributed by atoms with Crippen molar-refractivity contribution in [2.24, 2.45) is 0 Å². The summed E-state index contributed by atoms with van der Waals surface area (Å²) in [5, 5.41) is 4.00. The summed E-state index contributed by atoms with van der Waals surface area (Å²) in [6, 6.07) is 5.46. The average Bonchev–Trinajstić information content (AvgIpc) is 2.87. The van der Waals surface area contributed by atoms with Gasteiger partial charge in [0.05, 0.1) is 17.7 Å². The first-order valence-corrected chi connectivity index (χ1v) is 8.67. The third kappa shape index (κ3) is 3.39. The van der Waals surface area contributed by atoms with E-state index >= 15 is 0 Å². The van der Waals surface area contributed by atoms with Crippen molar-refractivity contribution in [2.45, 2.75) is 20.8 Å². The molecule has 0 atom stereocenters. The summed E-state index contributed by atoms with van der Waals surface area (Å²) in [4.78, 5) is 28.2. The van der Waals surface area contributed by atoms with Crippen LogP contribution in [0.25, 0.3) is 11.0 Å². The van der Waals surface area contributed by atoms with Crippen LogP contribution >= 0.6 is 11.3 Å². The van der Waals surface area contributed by atoms with E-state index < -0.39 is 5.56 Å². The fraction of sp³-hybridized carbons (Fsp3) is 0.294. The number of hydrogen-bond acceptors (Lipinski definition) is 7. The molecule has 8 heteroatoms. The van der Waals surface area contributed by atoms with Crippen LogP contribution in [0.4, 0.5) is 0 Å². The lowest BCUT2D eigenvalue weighted by atomic mass is 10.2. The van der Waals surface area contributed by atoms with Crippen LogP contribution in [0.15, 0.2) is 27.8 Å². The van der Waals surface area contributed by atoms with E-state index in [1.54, 1.807) is 6.08 Å². The second-order valence-electron chi connectivity index (χ2n) is 5.18. The maximum Gasteiger partial charge on any atom is 0.295 e. The molecule has 0 amide bonds. The van der Waals surface area contributed by atoms with Crippen LogP contribution in [0.5, 0.6) is 11.5 Å². The second kappa shape index (κ2) is 7.02.